The quantitative estimate of drug-likeness (QED) is 0.526. The summed E-state index contributed by atoms with van der Waals surface area (Å²) in [6, 6.07) is 9.99. The Bertz CT molecular complexity index is 937. The van der Waals surface area contributed by atoms with Gasteiger partial charge in [-0.05, 0) is 58.9 Å². The lowest BCUT2D eigenvalue weighted by atomic mass is 9.97. The highest BCUT2D eigenvalue weighted by Gasteiger charge is 2.12. The summed E-state index contributed by atoms with van der Waals surface area (Å²) in [6.45, 7) is 4.36. The Morgan fingerprint density at radius 3 is 2.42 bits per heavy atom. The van der Waals surface area contributed by atoms with Crippen molar-refractivity contribution in [3.05, 3.63) is 68.8 Å². The van der Waals surface area contributed by atoms with Crippen molar-refractivity contribution in [3.63, 3.8) is 0 Å². The van der Waals surface area contributed by atoms with Crippen molar-refractivity contribution in [2.75, 3.05) is 0 Å². The third-order valence-corrected chi connectivity index (χ3v) is 5.28. The van der Waals surface area contributed by atoms with Crippen molar-refractivity contribution in [2.45, 2.75) is 39.0 Å². The predicted octanol–water partition coefficient (Wildman–Crippen LogP) is 6.21. The van der Waals surface area contributed by atoms with E-state index in [0.717, 1.165) is 22.2 Å². The van der Waals surface area contributed by atoms with Crippen LogP contribution in [0.5, 0.6) is 0 Å². The summed E-state index contributed by atoms with van der Waals surface area (Å²) < 4.78 is 0. The molecular formula is C21H21Cl2NO2. The molecule has 0 aliphatic heterocycles. The van der Waals surface area contributed by atoms with Crippen molar-refractivity contribution in [1.82, 2.24) is 4.98 Å². The topological polar surface area (TPSA) is 53.1 Å². The minimum Gasteiger partial charge on any atom is -0.481 e. The van der Waals surface area contributed by atoms with Crippen LogP contribution in [0.15, 0.2) is 36.5 Å². The number of fused-ring (bicyclic) bond motifs is 1. The van der Waals surface area contributed by atoms with Gasteiger partial charge in [0.2, 0.25) is 0 Å². The van der Waals surface area contributed by atoms with Gasteiger partial charge >= 0.3 is 5.97 Å². The number of halogens is 2. The SMILES string of the molecule is CC(C)c1c[nH]c2ccc(Cc3c(Cl)cc(CCC(=O)O)cc3Cl)cc12. The van der Waals surface area contributed by atoms with Crippen molar-refractivity contribution in [1.29, 1.82) is 0 Å². The zero-order valence-corrected chi connectivity index (χ0v) is 16.3. The van der Waals surface area contributed by atoms with Crippen LogP contribution in [0, 0.1) is 0 Å². The second-order valence-corrected chi connectivity index (χ2v) is 7.70. The Morgan fingerprint density at radius 1 is 1.12 bits per heavy atom. The van der Waals surface area contributed by atoms with E-state index in [-0.39, 0.29) is 6.42 Å². The first-order chi connectivity index (χ1) is 12.3. The van der Waals surface area contributed by atoms with Crippen molar-refractivity contribution in [3.8, 4) is 0 Å². The van der Waals surface area contributed by atoms with Gasteiger partial charge in [0, 0.05) is 40.0 Å². The molecule has 0 unspecified atom stereocenters. The number of aliphatic carboxylic acids is 1. The van der Waals surface area contributed by atoms with Crippen molar-refractivity contribution < 1.29 is 9.90 Å². The van der Waals surface area contributed by atoms with Gasteiger partial charge in [0.1, 0.15) is 0 Å². The average molecular weight is 390 g/mol. The molecule has 0 aliphatic rings. The number of aryl methyl sites for hydroxylation is 1. The van der Waals surface area contributed by atoms with E-state index in [1.165, 1.54) is 10.9 Å². The fraction of sp³-hybridized carbons (Fsp3) is 0.286. The van der Waals surface area contributed by atoms with Crippen LogP contribution in [0.2, 0.25) is 10.0 Å². The lowest BCUT2D eigenvalue weighted by Gasteiger charge is -2.11. The maximum atomic E-state index is 10.7. The number of carboxylic acid groups (broad SMARTS) is 1. The molecule has 3 nitrogen and oxygen atoms in total. The molecule has 0 amide bonds. The molecule has 136 valence electrons. The summed E-state index contributed by atoms with van der Waals surface area (Å²) in [5.41, 5.74) is 5.27. The number of aromatic nitrogens is 1. The molecule has 3 rings (SSSR count). The Morgan fingerprint density at radius 2 is 1.81 bits per heavy atom. The standard InChI is InChI=1S/C21H21Cl2NO2/c1-12(2)17-11-24-20-5-3-13(7-15(17)20)8-16-18(22)9-14(10-19(16)23)4-6-21(25)26/h3,5,7,9-12,24H,4,6,8H2,1-2H3,(H,25,26). The lowest BCUT2D eigenvalue weighted by Crippen LogP contribution is -1.99. The van der Waals surface area contributed by atoms with Crippen LogP contribution in [0.1, 0.15) is 48.4 Å². The van der Waals surface area contributed by atoms with Crippen LogP contribution < -0.4 is 0 Å². The number of carbonyl (C=O) groups is 1. The van der Waals surface area contributed by atoms with E-state index in [0.29, 0.717) is 28.8 Å². The molecule has 0 radical (unpaired) electrons. The summed E-state index contributed by atoms with van der Waals surface area (Å²) in [4.78, 5) is 14.1. The van der Waals surface area contributed by atoms with Crippen LogP contribution in [0.25, 0.3) is 10.9 Å². The van der Waals surface area contributed by atoms with Crippen molar-refractivity contribution >= 4 is 40.1 Å². The summed E-state index contributed by atoms with van der Waals surface area (Å²) in [6.07, 6.45) is 3.18. The number of carboxylic acids is 1. The molecule has 26 heavy (non-hydrogen) atoms. The zero-order valence-electron chi connectivity index (χ0n) is 14.8. The third kappa shape index (κ3) is 4.05. The van der Waals surface area contributed by atoms with Gasteiger partial charge in [-0.25, -0.2) is 0 Å². The van der Waals surface area contributed by atoms with E-state index in [2.05, 4.69) is 43.2 Å². The van der Waals surface area contributed by atoms with Gasteiger partial charge in [-0.15, -0.1) is 0 Å². The predicted molar refractivity (Wildman–Crippen MR) is 108 cm³/mol. The minimum absolute atomic E-state index is 0.0636. The Balaban J connectivity index is 1.89. The third-order valence-electron chi connectivity index (χ3n) is 4.61. The fourth-order valence-corrected chi connectivity index (χ4v) is 3.87. The van der Waals surface area contributed by atoms with Crippen LogP contribution in [0.4, 0.5) is 0 Å². The molecular weight excluding hydrogens is 369 g/mol. The molecule has 0 saturated carbocycles. The second-order valence-electron chi connectivity index (χ2n) is 6.89. The molecule has 1 heterocycles. The highest BCUT2D eigenvalue weighted by molar-refractivity contribution is 6.36. The molecule has 5 heteroatoms. The maximum Gasteiger partial charge on any atom is 0.303 e. The molecule has 0 aliphatic carbocycles. The molecule has 3 aromatic rings. The summed E-state index contributed by atoms with van der Waals surface area (Å²) >= 11 is 12.9. The van der Waals surface area contributed by atoms with Gasteiger partial charge in [-0.1, -0.05) is 43.1 Å². The largest absolute Gasteiger partial charge is 0.481 e. The average Bonchev–Trinajstić information content (AvgIpc) is 2.99. The lowest BCUT2D eigenvalue weighted by molar-refractivity contribution is -0.136. The molecule has 1 aromatic heterocycles. The Labute approximate surface area is 162 Å². The van der Waals surface area contributed by atoms with Gasteiger partial charge in [0.05, 0.1) is 0 Å². The maximum absolute atomic E-state index is 10.7. The molecule has 0 atom stereocenters. The highest BCUT2D eigenvalue weighted by atomic mass is 35.5. The van der Waals surface area contributed by atoms with Crippen LogP contribution in [-0.2, 0) is 17.6 Å². The van der Waals surface area contributed by atoms with Crippen LogP contribution in [-0.4, -0.2) is 16.1 Å². The molecule has 0 spiro atoms. The first kappa shape index (κ1) is 18.8. The monoisotopic (exact) mass is 389 g/mol. The van der Waals surface area contributed by atoms with E-state index in [9.17, 15) is 4.79 Å². The molecule has 0 saturated heterocycles. The Hall–Kier alpha value is -1.97. The number of aromatic amines is 1. The smallest absolute Gasteiger partial charge is 0.303 e. The molecule has 2 N–H and O–H groups in total. The number of nitrogens with one attached hydrogen (secondary N) is 1. The first-order valence-corrected chi connectivity index (χ1v) is 9.39. The van der Waals surface area contributed by atoms with E-state index < -0.39 is 5.97 Å². The van der Waals surface area contributed by atoms with Crippen LogP contribution >= 0.6 is 23.2 Å². The second kappa shape index (κ2) is 7.73. The van der Waals surface area contributed by atoms with Gasteiger partial charge in [-0.3, -0.25) is 4.79 Å². The van der Waals surface area contributed by atoms with Crippen molar-refractivity contribution in [2.24, 2.45) is 0 Å². The van der Waals surface area contributed by atoms with E-state index >= 15 is 0 Å². The summed E-state index contributed by atoms with van der Waals surface area (Å²) in [5.74, 6) is -0.387. The van der Waals surface area contributed by atoms with E-state index in [1.54, 1.807) is 0 Å². The number of hydrogen-bond acceptors (Lipinski definition) is 1. The molecule has 2 aromatic carbocycles. The summed E-state index contributed by atoms with van der Waals surface area (Å²) in [7, 11) is 0. The minimum atomic E-state index is -0.831. The van der Waals surface area contributed by atoms with Gasteiger partial charge in [-0.2, -0.15) is 0 Å². The van der Waals surface area contributed by atoms with Crippen LogP contribution in [0.3, 0.4) is 0 Å². The number of benzene rings is 2. The zero-order chi connectivity index (χ0) is 18.8. The summed E-state index contributed by atoms with van der Waals surface area (Å²) in [5, 5.41) is 11.2. The Kier molecular flexibility index (Phi) is 5.59. The fourth-order valence-electron chi connectivity index (χ4n) is 3.20. The van der Waals surface area contributed by atoms with Gasteiger partial charge < -0.3 is 10.1 Å². The van der Waals surface area contributed by atoms with E-state index in [4.69, 9.17) is 28.3 Å². The van der Waals surface area contributed by atoms with Gasteiger partial charge in [0.15, 0.2) is 0 Å². The number of hydrogen-bond donors (Lipinski definition) is 2. The first-order valence-electron chi connectivity index (χ1n) is 8.63. The highest BCUT2D eigenvalue weighted by Crippen LogP contribution is 2.31. The number of rotatable bonds is 6. The van der Waals surface area contributed by atoms with Gasteiger partial charge in [0.25, 0.3) is 0 Å². The van der Waals surface area contributed by atoms with E-state index in [1.807, 2.05) is 12.1 Å². The molecule has 0 fully saturated rings. The molecule has 0 bridgehead atoms. The number of H-pyrrole nitrogens is 1. The normalized spacial score (nSPS) is 11.4.